The molecule has 1 rings (SSSR count). The molecule has 0 aliphatic rings. The molecule has 0 saturated carbocycles. The van der Waals surface area contributed by atoms with Gasteiger partial charge in [-0.1, -0.05) is 0 Å². The topological polar surface area (TPSA) is 102 Å². The van der Waals surface area contributed by atoms with Crippen LogP contribution in [0.5, 0.6) is 0 Å². The Morgan fingerprint density at radius 1 is 1.29 bits per heavy atom. The molecule has 112 valence electrons. The van der Waals surface area contributed by atoms with Gasteiger partial charge in [0.25, 0.3) is 11.6 Å². The Balaban J connectivity index is 2.92. The van der Waals surface area contributed by atoms with Crippen LogP contribution in [0.4, 0.5) is 5.69 Å². The fourth-order valence-electron chi connectivity index (χ4n) is 1.43. The number of nitro groups is 1. The zero-order chi connectivity index (χ0) is 16.0. The summed E-state index contributed by atoms with van der Waals surface area (Å²) < 4.78 is 4.56. The molecule has 0 atom stereocenters. The van der Waals surface area contributed by atoms with Gasteiger partial charge < -0.3 is 15.0 Å². The van der Waals surface area contributed by atoms with E-state index in [1.165, 1.54) is 37.6 Å². The van der Waals surface area contributed by atoms with Gasteiger partial charge in [-0.05, 0) is 12.1 Å². The lowest BCUT2D eigenvalue weighted by atomic mass is 10.2. The Morgan fingerprint density at radius 2 is 1.86 bits per heavy atom. The number of nitro benzene ring substituents is 1. The Bertz CT molecular complexity index is 578. The van der Waals surface area contributed by atoms with Crippen molar-refractivity contribution in [2.24, 2.45) is 0 Å². The Kier molecular flexibility index (Phi) is 5.41. The van der Waals surface area contributed by atoms with E-state index in [0.717, 1.165) is 0 Å². The highest BCUT2D eigenvalue weighted by atomic mass is 16.6. The van der Waals surface area contributed by atoms with Crippen LogP contribution < -0.4 is 5.32 Å². The highest BCUT2D eigenvalue weighted by Gasteiger charge is 2.16. The first-order valence-corrected chi connectivity index (χ1v) is 5.87. The largest absolute Gasteiger partial charge is 0.464 e. The van der Waals surface area contributed by atoms with E-state index < -0.39 is 16.8 Å². The van der Waals surface area contributed by atoms with Crippen molar-refractivity contribution < 1.29 is 19.2 Å². The van der Waals surface area contributed by atoms with E-state index >= 15 is 0 Å². The van der Waals surface area contributed by atoms with Crippen LogP contribution in [-0.2, 0) is 9.53 Å². The zero-order valence-corrected chi connectivity index (χ0v) is 11.8. The normalized spacial score (nSPS) is 10.7. The van der Waals surface area contributed by atoms with Gasteiger partial charge >= 0.3 is 5.97 Å². The number of hydrogen-bond donors (Lipinski definition) is 1. The molecule has 0 bridgehead atoms. The van der Waals surface area contributed by atoms with Crippen molar-refractivity contribution in [2.75, 3.05) is 21.2 Å². The van der Waals surface area contributed by atoms with Gasteiger partial charge in [-0.25, -0.2) is 4.79 Å². The van der Waals surface area contributed by atoms with Crippen LogP contribution >= 0.6 is 0 Å². The van der Waals surface area contributed by atoms with Crippen molar-refractivity contribution in [1.29, 1.82) is 0 Å². The average Bonchev–Trinajstić information content (AvgIpc) is 2.45. The first-order chi connectivity index (χ1) is 9.85. The van der Waals surface area contributed by atoms with Gasteiger partial charge in [0, 0.05) is 38.0 Å². The van der Waals surface area contributed by atoms with Gasteiger partial charge in [-0.2, -0.15) is 0 Å². The van der Waals surface area contributed by atoms with E-state index in [1.54, 1.807) is 19.0 Å². The molecule has 0 heterocycles. The fourth-order valence-corrected chi connectivity index (χ4v) is 1.43. The summed E-state index contributed by atoms with van der Waals surface area (Å²) in [7, 11) is 4.56. The Hall–Kier alpha value is -2.90. The fraction of sp³-hybridized carbons (Fsp3) is 0.231. The SMILES string of the molecule is COC(=O)/C(=C\N(C)C)NC(=O)c1ccc([N+](=O)[O-])cc1. The third kappa shape index (κ3) is 4.60. The van der Waals surface area contributed by atoms with E-state index in [1.807, 2.05) is 0 Å². The molecule has 1 N–H and O–H groups in total. The molecule has 8 heteroatoms. The number of nitrogens with zero attached hydrogens (tertiary/aromatic N) is 2. The van der Waals surface area contributed by atoms with Crippen molar-refractivity contribution >= 4 is 17.6 Å². The number of methoxy groups -OCH3 is 1. The molecular formula is C13H15N3O5. The molecule has 0 fully saturated rings. The third-order valence-corrected chi connectivity index (χ3v) is 2.38. The first-order valence-electron chi connectivity index (χ1n) is 5.87. The monoisotopic (exact) mass is 293 g/mol. The molecule has 0 aliphatic carbocycles. The minimum atomic E-state index is -0.695. The second-order valence-electron chi connectivity index (χ2n) is 4.26. The second kappa shape index (κ2) is 7.04. The van der Waals surface area contributed by atoms with Gasteiger partial charge in [0.2, 0.25) is 0 Å². The van der Waals surface area contributed by atoms with Crippen LogP contribution in [0, 0.1) is 10.1 Å². The molecule has 1 aromatic rings. The van der Waals surface area contributed by atoms with Crippen LogP contribution in [0.15, 0.2) is 36.2 Å². The summed E-state index contributed by atoms with van der Waals surface area (Å²) in [6.45, 7) is 0. The summed E-state index contributed by atoms with van der Waals surface area (Å²) >= 11 is 0. The number of non-ortho nitro benzene ring substituents is 1. The van der Waals surface area contributed by atoms with Crippen molar-refractivity contribution in [3.63, 3.8) is 0 Å². The maximum absolute atomic E-state index is 12.0. The highest BCUT2D eigenvalue weighted by molar-refractivity contribution is 6.01. The number of carbonyl (C=O) groups excluding carboxylic acids is 2. The lowest BCUT2D eigenvalue weighted by Gasteiger charge is -2.11. The van der Waals surface area contributed by atoms with E-state index in [2.05, 4.69) is 10.1 Å². The predicted octanol–water partition coefficient (Wildman–Crippen LogP) is 0.901. The third-order valence-electron chi connectivity index (χ3n) is 2.38. The average molecular weight is 293 g/mol. The van der Waals surface area contributed by atoms with Crippen molar-refractivity contribution in [2.45, 2.75) is 0 Å². The molecule has 0 spiro atoms. The van der Waals surface area contributed by atoms with Gasteiger partial charge in [-0.3, -0.25) is 14.9 Å². The number of amides is 1. The molecule has 0 unspecified atom stereocenters. The van der Waals surface area contributed by atoms with Gasteiger partial charge in [0.1, 0.15) is 5.70 Å². The summed E-state index contributed by atoms with van der Waals surface area (Å²) in [6.07, 6.45) is 1.40. The van der Waals surface area contributed by atoms with Crippen molar-refractivity contribution in [3.8, 4) is 0 Å². The molecule has 21 heavy (non-hydrogen) atoms. The van der Waals surface area contributed by atoms with Crippen LogP contribution in [0.2, 0.25) is 0 Å². The quantitative estimate of drug-likeness (QED) is 0.374. The highest BCUT2D eigenvalue weighted by Crippen LogP contribution is 2.12. The number of esters is 1. The maximum Gasteiger partial charge on any atom is 0.356 e. The van der Waals surface area contributed by atoms with Crippen LogP contribution in [0.1, 0.15) is 10.4 Å². The lowest BCUT2D eigenvalue weighted by Crippen LogP contribution is -2.29. The van der Waals surface area contributed by atoms with E-state index in [-0.39, 0.29) is 16.9 Å². The smallest absolute Gasteiger partial charge is 0.356 e. The summed E-state index contributed by atoms with van der Waals surface area (Å²) in [5.41, 5.74) is 0.0311. The van der Waals surface area contributed by atoms with Gasteiger partial charge in [0.05, 0.1) is 12.0 Å². The molecule has 0 radical (unpaired) electrons. The number of nitrogens with one attached hydrogen (secondary N) is 1. The van der Waals surface area contributed by atoms with E-state index in [9.17, 15) is 19.7 Å². The molecule has 1 aromatic carbocycles. The van der Waals surface area contributed by atoms with Gasteiger partial charge in [-0.15, -0.1) is 0 Å². The maximum atomic E-state index is 12.0. The number of benzene rings is 1. The Morgan fingerprint density at radius 3 is 2.29 bits per heavy atom. The van der Waals surface area contributed by atoms with Crippen LogP contribution in [0.25, 0.3) is 0 Å². The van der Waals surface area contributed by atoms with Crippen LogP contribution in [-0.4, -0.2) is 42.9 Å². The molecular weight excluding hydrogens is 278 g/mol. The minimum Gasteiger partial charge on any atom is -0.464 e. The molecule has 0 saturated heterocycles. The molecule has 0 aliphatic heterocycles. The van der Waals surface area contributed by atoms with Crippen LogP contribution in [0.3, 0.4) is 0 Å². The number of carbonyl (C=O) groups is 2. The standard InChI is InChI=1S/C13H15N3O5/c1-15(2)8-11(13(18)21-3)14-12(17)9-4-6-10(7-5-9)16(19)20/h4-8H,1-3H3,(H,14,17)/b11-8+. The number of hydrogen-bond acceptors (Lipinski definition) is 6. The summed E-state index contributed by atoms with van der Waals surface area (Å²) in [5.74, 6) is -1.26. The summed E-state index contributed by atoms with van der Waals surface area (Å²) in [5, 5.41) is 12.9. The first kappa shape index (κ1) is 16.2. The number of ether oxygens (including phenoxy) is 1. The predicted molar refractivity (Wildman–Crippen MR) is 74.3 cm³/mol. The summed E-state index contributed by atoms with van der Waals surface area (Å²) in [6, 6.07) is 5.03. The summed E-state index contributed by atoms with van der Waals surface area (Å²) in [4.78, 5) is 35.1. The molecule has 0 aromatic heterocycles. The Labute approximate surface area is 121 Å². The second-order valence-corrected chi connectivity index (χ2v) is 4.26. The lowest BCUT2D eigenvalue weighted by molar-refractivity contribution is -0.384. The zero-order valence-electron chi connectivity index (χ0n) is 11.8. The minimum absolute atomic E-state index is 0.0362. The van der Waals surface area contributed by atoms with Crippen molar-refractivity contribution in [3.05, 3.63) is 51.8 Å². The molecule has 8 nitrogen and oxygen atoms in total. The van der Waals surface area contributed by atoms with E-state index in [0.29, 0.717) is 0 Å². The van der Waals surface area contributed by atoms with Gasteiger partial charge in [0.15, 0.2) is 0 Å². The number of rotatable bonds is 5. The molecule has 1 amide bonds. The van der Waals surface area contributed by atoms with E-state index in [4.69, 9.17) is 0 Å². The van der Waals surface area contributed by atoms with Crippen molar-refractivity contribution in [1.82, 2.24) is 10.2 Å².